The van der Waals surface area contributed by atoms with E-state index in [-0.39, 0.29) is 12.3 Å². The molecule has 30 heavy (non-hydrogen) atoms. The molecule has 2 aromatic carbocycles. The highest BCUT2D eigenvalue weighted by molar-refractivity contribution is 5.91. The Morgan fingerprint density at radius 3 is 2.03 bits per heavy atom. The smallest absolute Gasteiger partial charge is 0.328 e. The van der Waals surface area contributed by atoms with Crippen LogP contribution in [0.5, 0.6) is 5.88 Å². The van der Waals surface area contributed by atoms with Crippen LogP contribution in [0.3, 0.4) is 0 Å². The van der Waals surface area contributed by atoms with Gasteiger partial charge in [-0.25, -0.2) is 9.78 Å². The topological polar surface area (TPSA) is 77.5 Å². The molecular formula is C24H24N2O4. The molecule has 3 aromatic rings. The third-order valence-electron chi connectivity index (χ3n) is 4.80. The zero-order chi connectivity index (χ0) is 21.3. The molecule has 1 N–H and O–H groups in total. The molecule has 1 aromatic heterocycles. The number of ether oxygens (including phenoxy) is 2. The predicted molar refractivity (Wildman–Crippen MR) is 113 cm³/mol. The van der Waals surface area contributed by atoms with Gasteiger partial charge in [-0.2, -0.15) is 0 Å². The Hall–Kier alpha value is -3.67. The first kappa shape index (κ1) is 21.0. The minimum Gasteiger partial charge on any atom is -0.481 e. The molecule has 1 amide bonds. The summed E-state index contributed by atoms with van der Waals surface area (Å²) in [4.78, 5) is 30.0. The van der Waals surface area contributed by atoms with E-state index in [0.717, 1.165) is 11.1 Å². The number of hydrogen-bond acceptors (Lipinski definition) is 5. The third-order valence-corrected chi connectivity index (χ3v) is 4.80. The predicted octanol–water partition coefficient (Wildman–Crippen LogP) is 3.12. The van der Waals surface area contributed by atoms with Crippen molar-refractivity contribution in [3.05, 3.63) is 95.7 Å². The molecule has 0 saturated heterocycles. The SMILES string of the molecule is COC(=O)[C@H](Cc1cccnc1OC)NC(=O)C(c1ccccc1)c1ccccc1. The molecule has 154 valence electrons. The summed E-state index contributed by atoms with van der Waals surface area (Å²) in [6.45, 7) is 0. The number of aromatic nitrogens is 1. The average molecular weight is 404 g/mol. The second kappa shape index (κ2) is 10.2. The summed E-state index contributed by atoms with van der Waals surface area (Å²) in [6, 6.07) is 21.6. The zero-order valence-electron chi connectivity index (χ0n) is 16.9. The Morgan fingerprint density at radius 1 is 0.900 bits per heavy atom. The molecule has 1 heterocycles. The molecule has 0 unspecified atom stereocenters. The van der Waals surface area contributed by atoms with Crippen LogP contribution in [0.25, 0.3) is 0 Å². The Balaban J connectivity index is 1.90. The van der Waals surface area contributed by atoms with Crippen LogP contribution in [0.4, 0.5) is 0 Å². The van der Waals surface area contributed by atoms with Crippen LogP contribution < -0.4 is 10.1 Å². The van der Waals surface area contributed by atoms with Crippen molar-refractivity contribution in [2.75, 3.05) is 14.2 Å². The van der Waals surface area contributed by atoms with Gasteiger partial charge >= 0.3 is 5.97 Å². The number of esters is 1. The molecule has 0 saturated carbocycles. The molecular weight excluding hydrogens is 380 g/mol. The Kier molecular flexibility index (Phi) is 7.16. The first-order valence-electron chi connectivity index (χ1n) is 9.60. The van der Waals surface area contributed by atoms with E-state index in [1.807, 2.05) is 60.7 Å². The van der Waals surface area contributed by atoms with Gasteiger partial charge in [0.25, 0.3) is 0 Å². The van der Waals surface area contributed by atoms with E-state index in [1.165, 1.54) is 14.2 Å². The maximum Gasteiger partial charge on any atom is 0.328 e. The standard InChI is InChI=1S/C24H24N2O4/c1-29-23-19(14-9-15-25-23)16-20(24(28)30-2)26-22(27)21(17-10-5-3-6-11-17)18-12-7-4-8-13-18/h3-15,20-21H,16H2,1-2H3,(H,26,27)/t20-/m0/s1. The summed E-state index contributed by atoms with van der Waals surface area (Å²) in [6.07, 6.45) is 1.81. The minimum absolute atomic E-state index is 0.200. The first-order chi connectivity index (χ1) is 14.6. The van der Waals surface area contributed by atoms with Gasteiger partial charge in [-0.05, 0) is 17.2 Å². The van der Waals surface area contributed by atoms with E-state index >= 15 is 0 Å². The summed E-state index contributed by atoms with van der Waals surface area (Å²) >= 11 is 0. The molecule has 0 bridgehead atoms. The fourth-order valence-electron chi connectivity index (χ4n) is 3.36. The molecule has 0 aliphatic rings. The van der Waals surface area contributed by atoms with Crippen molar-refractivity contribution in [2.45, 2.75) is 18.4 Å². The third kappa shape index (κ3) is 5.03. The number of hydrogen-bond donors (Lipinski definition) is 1. The van der Waals surface area contributed by atoms with Crippen LogP contribution >= 0.6 is 0 Å². The second-order valence-corrected chi connectivity index (χ2v) is 6.71. The van der Waals surface area contributed by atoms with Gasteiger partial charge in [0.05, 0.1) is 20.1 Å². The van der Waals surface area contributed by atoms with Gasteiger partial charge in [-0.1, -0.05) is 66.7 Å². The average Bonchev–Trinajstić information content (AvgIpc) is 2.80. The van der Waals surface area contributed by atoms with Crippen molar-refractivity contribution in [1.29, 1.82) is 0 Å². The Bertz CT molecular complexity index is 937. The number of carbonyl (C=O) groups is 2. The lowest BCUT2D eigenvalue weighted by Gasteiger charge is -2.22. The fourth-order valence-corrected chi connectivity index (χ4v) is 3.36. The number of rotatable bonds is 8. The van der Waals surface area contributed by atoms with Gasteiger partial charge in [-0.15, -0.1) is 0 Å². The van der Waals surface area contributed by atoms with Crippen molar-refractivity contribution in [3.8, 4) is 5.88 Å². The van der Waals surface area contributed by atoms with E-state index in [4.69, 9.17) is 9.47 Å². The molecule has 0 aliphatic carbocycles. The Labute approximate surface area is 175 Å². The lowest BCUT2D eigenvalue weighted by atomic mass is 9.90. The summed E-state index contributed by atoms with van der Waals surface area (Å²) in [7, 11) is 2.81. The van der Waals surface area contributed by atoms with Gasteiger partial charge < -0.3 is 14.8 Å². The van der Waals surface area contributed by atoms with E-state index in [0.29, 0.717) is 11.4 Å². The van der Waals surface area contributed by atoms with Crippen LogP contribution in [-0.4, -0.2) is 37.1 Å². The highest BCUT2D eigenvalue weighted by Gasteiger charge is 2.29. The van der Waals surface area contributed by atoms with Gasteiger partial charge in [-0.3, -0.25) is 4.79 Å². The minimum atomic E-state index is -0.879. The highest BCUT2D eigenvalue weighted by Crippen LogP contribution is 2.25. The van der Waals surface area contributed by atoms with Gasteiger partial charge in [0.2, 0.25) is 11.8 Å². The largest absolute Gasteiger partial charge is 0.481 e. The molecule has 1 atom stereocenters. The molecule has 6 heteroatoms. The van der Waals surface area contributed by atoms with Crippen molar-refractivity contribution >= 4 is 11.9 Å². The number of pyridine rings is 1. The molecule has 3 rings (SSSR count). The summed E-state index contributed by atoms with van der Waals surface area (Å²) in [5, 5.41) is 2.87. The van der Waals surface area contributed by atoms with E-state index in [9.17, 15) is 9.59 Å². The monoisotopic (exact) mass is 404 g/mol. The maximum atomic E-state index is 13.4. The second-order valence-electron chi connectivity index (χ2n) is 6.71. The Morgan fingerprint density at radius 2 is 1.50 bits per heavy atom. The fraction of sp³-hybridized carbons (Fsp3) is 0.208. The number of nitrogens with one attached hydrogen (secondary N) is 1. The molecule has 6 nitrogen and oxygen atoms in total. The van der Waals surface area contributed by atoms with Gasteiger partial charge in [0.15, 0.2) is 0 Å². The van der Waals surface area contributed by atoms with Gasteiger partial charge in [0, 0.05) is 18.2 Å². The summed E-state index contributed by atoms with van der Waals surface area (Å²) < 4.78 is 10.2. The maximum absolute atomic E-state index is 13.4. The number of methoxy groups -OCH3 is 2. The van der Waals surface area contributed by atoms with Crippen LogP contribution in [0, 0.1) is 0 Å². The molecule has 0 fully saturated rings. The normalized spacial score (nSPS) is 11.6. The lowest BCUT2D eigenvalue weighted by molar-refractivity contribution is -0.145. The van der Waals surface area contributed by atoms with Crippen LogP contribution in [0.2, 0.25) is 0 Å². The van der Waals surface area contributed by atoms with Crippen molar-refractivity contribution < 1.29 is 19.1 Å². The summed E-state index contributed by atoms with van der Waals surface area (Å²) in [5.74, 6) is -0.974. The van der Waals surface area contributed by atoms with Crippen LogP contribution in [0.1, 0.15) is 22.6 Å². The number of benzene rings is 2. The highest BCUT2D eigenvalue weighted by atomic mass is 16.5. The molecule has 0 radical (unpaired) electrons. The lowest BCUT2D eigenvalue weighted by Crippen LogP contribution is -2.45. The van der Waals surface area contributed by atoms with E-state index in [2.05, 4.69) is 10.3 Å². The zero-order valence-corrected chi connectivity index (χ0v) is 16.9. The van der Waals surface area contributed by atoms with Gasteiger partial charge in [0.1, 0.15) is 6.04 Å². The van der Waals surface area contributed by atoms with E-state index in [1.54, 1.807) is 18.3 Å². The molecule has 0 spiro atoms. The van der Waals surface area contributed by atoms with Crippen molar-refractivity contribution in [1.82, 2.24) is 10.3 Å². The van der Waals surface area contributed by atoms with E-state index < -0.39 is 17.9 Å². The molecule has 0 aliphatic heterocycles. The summed E-state index contributed by atoms with van der Waals surface area (Å²) in [5.41, 5.74) is 2.37. The van der Waals surface area contributed by atoms with Crippen molar-refractivity contribution in [2.24, 2.45) is 0 Å². The number of carbonyl (C=O) groups excluding carboxylic acids is 2. The number of nitrogens with zero attached hydrogens (tertiary/aromatic N) is 1. The first-order valence-corrected chi connectivity index (χ1v) is 9.60. The van der Waals surface area contributed by atoms with Crippen molar-refractivity contribution in [3.63, 3.8) is 0 Å². The number of amides is 1. The quantitative estimate of drug-likeness (QED) is 0.584. The van der Waals surface area contributed by atoms with Crippen LogP contribution in [0.15, 0.2) is 79.0 Å². The van der Waals surface area contributed by atoms with Crippen LogP contribution in [-0.2, 0) is 20.7 Å².